The molecule has 122 valence electrons. The lowest BCUT2D eigenvalue weighted by Crippen LogP contribution is -2.32. The number of hydrogen-bond donors (Lipinski definition) is 0. The fraction of sp³-hybridized carbons (Fsp3) is 0.235. The molecule has 0 fully saturated rings. The molecule has 0 atom stereocenters. The monoisotopic (exact) mass is 399 g/mol. The lowest BCUT2D eigenvalue weighted by atomic mass is 10.2. The molecule has 0 radical (unpaired) electrons. The van der Waals surface area contributed by atoms with E-state index in [4.69, 9.17) is 16.3 Å². The van der Waals surface area contributed by atoms with Gasteiger partial charge in [0.15, 0.2) is 0 Å². The molecule has 0 saturated carbocycles. The van der Waals surface area contributed by atoms with Gasteiger partial charge in [-0.05, 0) is 29.3 Å². The molecule has 2 aromatic carbocycles. The van der Waals surface area contributed by atoms with Crippen molar-refractivity contribution in [2.24, 2.45) is 0 Å². The third-order valence-electron chi connectivity index (χ3n) is 3.11. The second-order valence-corrected chi connectivity index (χ2v) is 6.22. The minimum absolute atomic E-state index is 0.186. The Morgan fingerprint density at radius 3 is 2.57 bits per heavy atom. The Bertz CT molecular complexity index is 634. The van der Waals surface area contributed by atoms with Crippen molar-refractivity contribution in [2.75, 3.05) is 12.4 Å². The molecular weight excluding hydrogens is 385 g/mol. The van der Waals surface area contributed by atoms with Gasteiger partial charge in [-0.2, -0.15) is 0 Å². The van der Waals surface area contributed by atoms with Crippen LogP contribution in [0.4, 0.5) is 9.18 Å². The average molecular weight is 401 g/mol. The van der Waals surface area contributed by atoms with Gasteiger partial charge in [0.2, 0.25) is 0 Å². The molecule has 2 rings (SSSR count). The fourth-order valence-corrected chi connectivity index (χ4v) is 2.79. The van der Waals surface area contributed by atoms with Crippen LogP contribution < -0.4 is 0 Å². The van der Waals surface area contributed by atoms with Crippen molar-refractivity contribution in [1.29, 1.82) is 0 Å². The van der Waals surface area contributed by atoms with E-state index >= 15 is 0 Å². The molecule has 23 heavy (non-hydrogen) atoms. The summed E-state index contributed by atoms with van der Waals surface area (Å²) < 4.78 is 19.4. The Labute approximate surface area is 148 Å². The van der Waals surface area contributed by atoms with Gasteiger partial charge in [-0.1, -0.05) is 46.3 Å². The zero-order chi connectivity index (χ0) is 16.7. The zero-order valence-corrected chi connectivity index (χ0v) is 14.7. The zero-order valence-electron chi connectivity index (χ0n) is 12.3. The Morgan fingerprint density at radius 1 is 1.17 bits per heavy atom. The van der Waals surface area contributed by atoms with Crippen LogP contribution in [0.3, 0.4) is 0 Å². The number of ether oxygens (including phenoxy) is 1. The first-order valence-electron chi connectivity index (χ1n) is 7.05. The standard InChI is InChI=1S/C17H16BrClFNO2/c18-15-8-14(9-16(20)10-15)11-21(7-6-19)17(22)23-12-13-4-2-1-3-5-13/h1-5,8-10H,6-7,11-12H2. The summed E-state index contributed by atoms with van der Waals surface area (Å²) in [6, 6.07) is 13.9. The van der Waals surface area contributed by atoms with E-state index in [1.54, 1.807) is 6.07 Å². The first-order chi connectivity index (χ1) is 11.1. The number of rotatable bonds is 6. The van der Waals surface area contributed by atoms with Crippen molar-refractivity contribution < 1.29 is 13.9 Å². The maximum absolute atomic E-state index is 13.4. The molecule has 0 heterocycles. The lowest BCUT2D eigenvalue weighted by Gasteiger charge is -2.21. The summed E-state index contributed by atoms with van der Waals surface area (Å²) in [6.07, 6.45) is -0.477. The highest BCUT2D eigenvalue weighted by atomic mass is 79.9. The van der Waals surface area contributed by atoms with E-state index < -0.39 is 6.09 Å². The molecule has 0 saturated heterocycles. The van der Waals surface area contributed by atoms with E-state index in [2.05, 4.69) is 15.9 Å². The minimum Gasteiger partial charge on any atom is -0.445 e. The summed E-state index contributed by atoms with van der Waals surface area (Å²) in [5.74, 6) is -0.0884. The highest BCUT2D eigenvalue weighted by Gasteiger charge is 2.16. The van der Waals surface area contributed by atoms with Crippen LogP contribution in [-0.4, -0.2) is 23.4 Å². The molecule has 6 heteroatoms. The Balaban J connectivity index is 2.00. The largest absolute Gasteiger partial charge is 0.445 e. The Hall–Kier alpha value is -1.59. The molecule has 0 N–H and O–H groups in total. The molecular formula is C17H16BrClFNO2. The second kappa shape index (κ2) is 8.89. The van der Waals surface area contributed by atoms with Gasteiger partial charge in [-0.15, -0.1) is 11.6 Å². The van der Waals surface area contributed by atoms with E-state index in [0.29, 0.717) is 16.6 Å². The van der Waals surface area contributed by atoms with Crippen LogP contribution in [0.25, 0.3) is 0 Å². The molecule has 2 aromatic rings. The van der Waals surface area contributed by atoms with Crippen molar-refractivity contribution >= 4 is 33.6 Å². The maximum atomic E-state index is 13.4. The summed E-state index contributed by atoms with van der Waals surface area (Å²) in [6.45, 7) is 0.741. The smallest absolute Gasteiger partial charge is 0.410 e. The lowest BCUT2D eigenvalue weighted by molar-refractivity contribution is 0.0958. The number of alkyl halides is 1. The highest BCUT2D eigenvalue weighted by Crippen LogP contribution is 2.17. The molecule has 3 nitrogen and oxygen atoms in total. The number of halogens is 3. The van der Waals surface area contributed by atoms with Crippen LogP contribution in [0.1, 0.15) is 11.1 Å². The predicted octanol–water partition coefficient (Wildman–Crippen LogP) is 4.97. The quantitative estimate of drug-likeness (QED) is 0.641. The highest BCUT2D eigenvalue weighted by molar-refractivity contribution is 9.10. The number of carbonyl (C=O) groups is 1. The van der Waals surface area contributed by atoms with E-state index in [9.17, 15) is 9.18 Å². The van der Waals surface area contributed by atoms with Gasteiger partial charge >= 0.3 is 6.09 Å². The van der Waals surface area contributed by atoms with Gasteiger partial charge in [-0.3, -0.25) is 0 Å². The van der Waals surface area contributed by atoms with Gasteiger partial charge in [0.1, 0.15) is 12.4 Å². The summed E-state index contributed by atoms with van der Waals surface area (Å²) in [4.78, 5) is 13.7. The van der Waals surface area contributed by atoms with Crippen molar-refractivity contribution in [2.45, 2.75) is 13.2 Å². The topological polar surface area (TPSA) is 29.5 Å². The summed E-state index contributed by atoms with van der Waals surface area (Å²) in [7, 11) is 0. The van der Waals surface area contributed by atoms with Crippen LogP contribution in [0.5, 0.6) is 0 Å². The van der Waals surface area contributed by atoms with Crippen molar-refractivity contribution in [1.82, 2.24) is 4.90 Å². The first kappa shape index (κ1) is 17.8. The molecule has 0 unspecified atom stereocenters. The Kier molecular flexibility index (Phi) is 6.86. The molecule has 0 aliphatic rings. The number of carbonyl (C=O) groups excluding carboxylic acids is 1. The molecule has 0 bridgehead atoms. The van der Waals surface area contributed by atoms with Gasteiger partial charge < -0.3 is 9.64 Å². The van der Waals surface area contributed by atoms with Crippen LogP contribution >= 0.6 is 27.5 Å². The van der Waals surface area contributed by atoms with Gasteiger partial charge in [0.25, 0.3) is 0 Å². The van der Waals surface area contributed by atoms with Crippen LogP contribution in [0.2, 0.25) is 0 Å². The van der Waals surface area contributed by atoms with Crippen molar-refractivity contribution in [3.05, 3.63) is 69.9 Å². The van der Waals surface area contributed by atoms with Crippen LogP contribution in [0, 0.1) is 5.82 Å². The van der Waals surface area contributed by atoms with E-state index in [1.807, 2.05) is 30.3 Å². The molecule has 0 aromatic heterocycles. The van der Waals surface area contributed by atoms with Crippen LogP contribution in [0.15, 0.2) is 53.0 Å². The molecule has 1 amide bonds. The molecule has 0 aliphatic heterocycles. The third-order valence-corrected chi connectivity index (χ3v) is 3.74. The van der Waals surface area contributed by atoms with E-state index in [0.717, 1.165) is 5.56 Å². The normalized spacial score (nSPS) is 10.4. The van der Waals surface area contributed by atoms with E-state index in [-0.39, 0.29) is 24.8 Å². The first-order valence-corrected chi connectivity index (χ1v) is 8.38. The Morgan fingerprint density at radius 2 is 1.91 bits per heavy atom. The number of nitrogens with zero attached hydrogens (tertiary/aromatic N) is 1. The molecule has 0 aliphatic carbocycles. The summed E-state index contributed by atoms with van der Waals surface area (Å²) >= 11 is 8.99. The molecule has 0 spiro atoms. The summed E-state index contributed by atoms with van der Waals surface area (Å²) in [5.41, 5.74) is 1.57. The van der Waals surface area contributed by atoms with Gasteiger partial charge in [0.05, 0.1) is 0 Å². The predicted molar refractivity (Wildman–Crippen MR) is 91.9 cm³/mol. The number of amides is 1. The fourth-order valence-electron chi connectivity index (χ4n) is 2.07. The SMILES string of the molecule is O=C(OCc1ccccc1)N(CCCl)Cc1cc(F)cc(Br)c1. The van der Waals surface area contributed by atoms with Gasteiger partial charge in [-0.25, -0.2) is 9.18 Å². The van der Waals surface area contributed by atoms with Crippen molar-refractivity contribution in [3.8, 4) is 0 Å². The number of hydrogen-bond acceptors (Lipinski definition) is 2. The maximum Gasteiger partial charge on any atom is 0.410 e. The van der Waals surface area contributed by atoms with Gasteiger partial charge in [0, 0.05) is 23.4 Å². The average Bonchev–Trinajstić information content (AvgIpc) is 2.52. The second-order valence-electron chi connectivity index (χ2n) is 4.93. The summed E-state index contributed by atoms with van der Waals surface area (Å²) in [5, 5.41) is 0. The van der Waals surface area contributed by atoms with E-state index in [1.165, 1.54) is 17.0 Å². The third kappa shape index (κ3) is 5.84. The minimum atomic E-state index is -0.477. The number of benzene rings is 2. The van der Waals surface area contributed by atoms with Crippen molar-refractivity contribution in [3.63, 3.8) is 0 Å². The van der Waals surface area contributed by atoms with Crippen LogP contribution in [-0.2, 0) is 17.9 Å².